The number of nitrogens with zero attached hydrogens (tertiary/aromatic N) is 3. The fourth-order valence-corrected chi connectivity index (χ4v) is 3.11. The number of hydrogen-bond acceptors (Lipinski definition) is 4. The summed E-state index contributed by atoms with van der Waals surface area (Å²) in [4.78, 5) is 15.1. The van der Waals surface area contributed by atoms with Gasteiger partial charge in [0.05, 0.1) is 4.92 Å². The van der Waals surface area contributed by atoms with Crippen molar-refractivity contribution in [1.29, 1.82) is 0 Å². The number of benzene rings is 2. The van der Waals surface area contributed by atoms with Crippen molar-refractivity contribution in [1.82, 2.24) is 4.90 Å². The van der Waals surface area contributed by atoms with Crippen molar-refractivity contribution in [3.05, 3.63) is 69.0 Å². The van der Waals surface area contributed by atoms with E-state index < -0.39 is 0 Å². The lowest BCUT2D eigenvalue weighted by Crippen LogP contribution is -2.46. The number of nitro benzene ring substituents is 1. The average Bonchev–Trinajstić information content (AvgIpc) is 2.56. The summed E-state index contributed by atoms with van der Waals surface area (Å²) in [5, 5.41) is 11.6. The molecule has 1 saturated heterocycles. The Balaban J connectivity index is 1.64. The van der Waals surface area contributed by atoms with Crippen LogP contribution in [0.1, 0.15) is 5.56 Å². The van der Waals surface area contributed by atoms with Crippen LogP contribution in [0, 0.1) is 15.9 Å². The van der Waals surface area contributed by atoms with Crippen molar-refractivity contribution in [3.8, 4) is 0 Å². The minimum absolute atomic E-state index is 0.0976. The van der Waals surface area contributed by atoms with E-state index in [2.05, 4.69) is 9.80 Å². The highest BCUT2D eigenvalue weighted by Gasteiger charge is 2.21. The number of halogens is 2. The molecule has 3 rings (SSSR count). The molecule has 7 heteroatoms. The van der Waals surface area contributed by atoms with Gasteiger partial charge in [-0.05, 0) is 36.4 Å². The number of rotatable bonds is 4. The first kappa shape index (κ1) is 16.7. The van der Waals surface area contributed by atoms with Crippen LogP contribution in [0.2, 0.25) is 5.02 Å². The van der Waals surface area contributed by atoms with E-state index in [-0.39, 0.29) is 16.4 Å². The quantitative estimate of drug-likeness (QED) is 0.623. The van der Waals surface area contributed by atoms with Crippen LogP contribution >= 0.6 is 11.6 Å². The molecule has 0 spiro atoms. The van der Waals surface area contributed by atoms with E-state index >= 15 is 0 Å². The normalized spacial score (nSPS) is 15.5. The van der Waals surface area contributed by atoms with Gasteiger partial charge in [-0.3, -0.25) is 15.0 Å². The van der Waals surface area contributed by atoms with Crippen LogP contribution in [0.4, 0.5) is 15.8 Å². The molecule has 0 unspecified atom stereocenters. The largest absolute Gasteiger partial charge is 0.369 e. The van der Waals surface area contributed by atoms with Gasteiger partial charge in [0, 0.05) is 55.1 Å². The van der Waals surface area contributed by atoms with Crippen LogP contribution < -0.4 is 4.90 Å². The lowest BCUT2D eigenvalue weighted by atomic mass is 10.1. The maximum atomic E-state index is 13.0. The number of nitro groups is 1. The lowest BCUT2D eigenvalue weighted by Gasteiger charge is -2.36. The summed E-state index contributed by atoms with van der Waals surface area (Å²) < 4.78 is 13.0. The third-order valence-electron chi connectivity index (χ3n) is 4.20. The maximum absolute atomic E-state index is 13.0. The average molecular weight is 350 g/mol. The molecule has 2 aromatic rings. The standard InChI is InChI=1S/C17H17ClFN3O2/c18-14-1-6-17(22(23)24)13(11-14)12-20-7-9-21(10-8-20)16-4-2-15(19)3-5-16/h1-6,11H,7-10,12H2. The van der Waals surface area contributed by atoms with E-state index in [0.717, 1.165) is 31.9 Å². The van der Waals surface area contributed by atoms with Crippen LogP contribution in [0.15, 0.2) is 42.5 Å². The molecule has 0 aromatic heterocycles. The van der Waals surface area contributed by atoms with Crippen LogP contribution in [0.5, 0.6) is 0 Å². The molecule has 24 heavy (non-hydrogen) atoms. The van der Waals surface area contributed by atoms with Crippen molar-refractivity contribution >= 4 is 23.0 Å². The Morgan fingerprint density at radius 2 is 1.75 bits per heavy atom. The predicted octanol–water partition coefficient (Wildman–Crippen LogP) is 3.71. The van der Waals surface area contributed by atoms with Gasteiger partial charge in [0.2, 0.25) is 0 Å². The van der Waals surface area contributed by atoms with Gasteiger partial charge in [-0.1, -0.05) is 11.6 Å². The highest BCUT2D eigenvalue weighted by Crippen LogP contribution is 2.25. The van der Waals surface area contributed by atoms with E-state index in [0.29, 0.717) is 17.1 Å². The number of piperazine rings is 1. The van der Waals surface area contributed by atoms with Crippen LogP contribution in [0.25, 0.3) is 0 Å². The molecule has 0 aliphatic carbocycles. The molecule has 1 fully saturated rings. The van der Waals surface area contributed by atoms with Crippen molar-refractivity contribution in [2.24, 2.45) is 0 Å². The van der Waals surface area contributed by atoms with Crippen molar-refractivity contribution < 1.29 is 9.31 Å². The van der Waals surface area contributed by atoms with Crippen molar-refractivity contribution in [2.45, 2.75) is 6.54 Å². The maximum Gasteiger partial charge on any atom is 0.273 e. The zero-order valence-electron chi connectivity index (χ0n) is 13.0. The van der Waals surface area contributed by atoms with Crippen LogP contribution in [-0.2, 0) is 6.54 Å². The van der Waals surface area contributed by atoms with Gasteiger partial charge >= 0.3 is 0 Å². The molecule has 0 atom stereocenters. The minimum atomic E-state index is -0.375. The molecule has 0 radical (unpaired) electrons. The molecular formula is C17H17ClFN3O2. The highest BCUT2D eigenvalue weighted by atomic mass is 35.5. The van der Waals surface area contributed by atoms with Crippen molar-refractivity contribution in [3.63, 3.8) is 0 Å². The third-order valence-corrected chi connectivity index (χ3v) is 4.43. The second-order valence-corrected chi connectivity index (χ2v) is 6.21. The first-order valence-electron chi connectivity index (χ1n) is 7.68. The summed E-state index contributed by atoms with van der Waals surface area (Å²) in [5.74, 6) is -0.245. The summed E-state index contributed by atoms with van der Waals surface area (Å²) in [6, 6.07) is 11.1. The van der Waals surface area contributed by atoms with E-state index in [1.165, 1.54) is 24.3 Å². The van der Waals surface area contributed by atoms with Gasteiger partial charge in [-0.15, -0.1) is 0 Å². The molecule has 126 valence electrons. The van der Waals surface area contributed by atoms with Gasteiger partial charge in [0.1, 0.15) is 5.82 Å². The smallest absolute Gasteiger partial charge is 0.273 e. The fraction of sp³-hybridized carbons (Fsp3) is 0.294. The highest BCUT2D eigenvalue weighted by molar-refractivity contribution is 6.30. The van der Waals surface area contributed by atoms with E-state index in [1.54, 1.807) is 18.2 Å². The second kappa shape index (κ2) is 7.15. The molecule has 2 aromatic carbocycles. The number of anilines is 1. The molecule has 0 amide bonds. The monoisotopic (exact) mass is 349 g/mol. The van der Waals surface area contributed by atoms with Gasteiger partial charge in [0.15, 0.2) is 0 Å². The summed E-state index contributed by atoms with van der Waals surface area (Å²) in [7, 11) is 0. The Kier molecular flexibility index (Phi) is 4.97. The Bertz CT molecular complexity index is 731. The Morgan fingerprint density at radius 3 is 2.38 bits per heavy atom. The summed E-state index contributed by atoms with van der Waals surface area (Å²) >= 11 is 5.98. The zero-order chi connectivity index (χ0) is 17.1. The predicted molar refractivity (Wildman–Crippen MR) is 92.0 cm³/mol. The van der Waals surface area contributed by atoms with E-state index in [9.17, 15) is 14.5 Å². The summed E-state index contributed by atoms with van der Waals surface area (Å²) in [5.41, 5.74) is 1.72. The Morgan fingerprint density at radius 1 is 1.08 bits per heavy atom. The molecule has 0 N–H and O–H groups in total. The molecule has 1 aliphatic heterocycles. The molecule has 0 saturated carbocycles. The van der Waals surface area contributed by atoms with Gasteiger partial charge in [-0.2, -0.15) is 0 Å². The van der Waals surface area contributed by atoms with Gasteiger partial charge < -0.3 is 4.90 Å². The molecular weight excluding hydrogens is 333 g/mol. The Labute approximate surface area is 144 Å². The lowest BCUT2D eigenvalue weighted by molar-refractivity contribution is -0.385. The van der Waals surface area contributed by atoms with Crippen molar-refractivity contribution in [2.75, 3.05) is 31.1 Å². The second-order valence-electron chi connectivity index (χ2n) is 5.77. The topological polar surface area (TPSA) is 49.6 Å². The fourth-order valence-electron chi connectivity index (χ4n) is 2.92. The SMILES string of the molecule is O=[N+]([O-])c1ccc(Cl)cc1CN1CCN(c2ccc(F)cc2)CC1. The van der Waals surface area contributed by atoms with Gasteiger partial charge in [0.25, 0.3) is 5.69 Å². The molecule has 1 heterocycles. The van der Waals surface area contributed by atoms with Crippen LogP contribution in [0.3, 0.4) is 0 Å². The van der Waals surface area contributed by atoms with E-state index in [1.807, 2.05) is 0 Å². The molecule has 5 nitrogen and oxygen atoms in total. The van der Waals surface area contributed by atoms with Gasteiger partial charge in [-0.25, -0.2) is 4.39 Å². The molecule has 1 aliphatic rings. The summed E-state index contributed by atoms with van der Waals surface area (Å²) in [6.45, 7) is 3.64. The zero-order valence-corrected chi connectivity index (χ0v) is 13.7. The first-order chi connectivity index (χ1) is 11.5. The van der Waals surface area contributed by atoms with Crippen LogP contribution in [-0.4, -0.2) is 36.0 Å². The summed E-state index contributed by atoms with van der Waals surface area (Å²) in [6.07, 6.45) is 0. The first-order valence-corrected chi connectivity index (χ1v) is 8.06. The van der Waals surface area contributed by atoms with E-state index in [4.69, 9.17) is 11.6 Å². The Hall–Kier alpha value is -2.18. The third kappa shape index (κ3) is 3.83. The molecule has 0 bridgehead atoms. The number of hydrogen-bond donors (Lipinski definition) is 0. The minimum Gasteiger partial charge on any atom is -0.369 e.